The Hall–Kier alpha value is -2.08. The summed E-state index contributed by atoms with van der Waals surface area (Å²) in [4.78, 5) is 24.8. The molecule has 3 aromatic rings. The predicted octanol–water partition coefficient (Wildman–Crippen LogP) is 0.330. The van der Waals surface area contributed by atoms with Crippen LogP contribution in [-0.4, -0.2) is 38.1 Å². The van der Waals surface area contributed by atoms with Gasteiger partial charge >= 0.3 is 35.9 Å². The second-order valence-electron chi connectivity index (χ2n) is 6.55. The summed E-state index contributed by atoms with van der Waals surface area (Å²) in [6.07, 6.45) is 1.50. The van der Waals surface area contributed by atoms with Gasteiger partial charge in [0.15, 0.2) is 5.16 Å². The molecule has 0 radical (unpaired) electrons. The van der Waals surface area contributed by atoms with Crippen LogP contribution in [0, 0.1) is 0 Å². The molecule has 0 aliphatic heterocycles. The monoisotopic (exact) mass is 458 g/mol. The fraction of sp³-hybridized carbons (Fsp3) is 0.263. The number of alkyl halides is 3. The Morgan fingerprint density at radius 3 is 2.26 bits per heavy atom. The number of hydrogen-bond acceptors (Lipinski definition) is 7. The van der Waals surface area contributed by atoms with Crippen LogP contribution < -0.4 is 39.4 Å². The number of nitrogens with zero attached hydrogens (tertiary/aromatic N) is 4. The molecule has 0 atom stereocenters. The summed E-state index contributed by atoms with van der Waals surface area (Å²) in [5.74, 6) is -1.46. The molecule has 2 aromatic heterocycles. The predicted molar refractivity (Wildman–Crippen MR) is 99.8 cm³/mol. The van der Waals surface area contributed by atoms with E-state index in [9.17, 15) is 23.1 Å². The van der Waals surface area contributed by atoms with Crippen molar-refractivity contribution in [2.75, 3.05) is 6.26 Å². The van der Waals surface area contributed by atoms with Gasteiger partial charge in [0.1, 0.15) is 17.3 Å². The molecule has 2 heterocycles. The van der Waals surface area contributed by atoms with Gasteiger partial charge in [-0.1, -0.05) is 11.8 Å². The first kappa shape index (κ1) is 23.6. The number of aromatic carboxylic acids is 1. The number of hydrogen-bond donors (Lipinski definition) is 0. The first-order chi connectivity index (χ1) is 14.3. The molecule has 0 spiro atoms. The maximum Gasteiger partial charge on any atom is 1.00 e. The van der Waals surface area contributed by atoms with Gasteiger partial charge in [0.25, 0.3) is 0 Å². The van der Waals surface area contributed by atoms with E-state index >= 15 is 0 Å². The molecule has 0 N–H and O–H groups in total. The molecule has 0 unspecified atom stereocenters. The minimum absolute atomic E-state index is 0. The molecule has 0 saturated heterocycles. The van der Waals surface area contributed by atoms with E-state index in [0.717, 1.165) is 25.0 Å². The average Bonchev–Trinajstić information content (AvgIpc) is 3.46. The van der Waals surface area contributed by atoms with Crippen molar-refractivity contribution in [1.82, 2.24) is 19.5 Å². The summed E-state index contributed by atoms with van der Waals surface area (Å²) in [6, 6.07) is 5.04. The number of rotatable bonds is 6. The number of thioether (sulfide) groups is 1. The fourth-order valence-corrected chi connectivity index (χ4v) is 3.39. The third-order valence-electron chi connectivity index (χ3n) is 4.45. The van der Waals surface area contributed by atoms with Crippen molar-refractivity contribution < 1.29 is 57.4 Å². The summed E-state index contributed by atoms with van der Waals surface area (Å²) in [5, 5.41) is 12.5. The van der Waals surface area contributed by atoms with Crippen LogP contribution in [0.1, 0.15) is 29.4 Å². The van der Waals surface area contributed by atoms with Crippen molar-refractivity contribution in [2.24, 2.45) is 0 Å². The molecule has 31 heavy (non-hydrogen) atoms. The topological polar surface area (TPSA) is 93.0 Å². The summed E-state index contributed by atoms with van der Waals surface area (Å²) in [5.41, 5.74) is 0.903. The number of imidazole rings is 1. The molecular formula is C19H14F3N4NaO3S. The minimum atomic E-state index is -4.80. The SMILES string of the molecule is CSc1ncc(-c2nc(-c3ccc(OC(F)(F)F)cc3)n(C3CC3)c2C(=O)[O-])cn1.[Na+]. The van der Waals surface area contributed by atoms with E-state index in [4.69, 9.17) is 0 Å². The second-order valence-corrected chi connectivity index (χ2v) is 7.33. The van der Waals surface area contributed by atoms with Crippen LogP contribution >= 0.6 is 11.8 Å². The van der Waals surface area contributed by atoms with E-state index in [1.165, 1.54) is 36.3 Å². The smallest absolute Gasteiger partial charge is 0.543 e. The number of carboxylic acid groups (broad SMARTS) is 1. The Morgan fingerprint density at radius 1 is 1.16 bits per heavy atom. The summed E-state index contributed by atoms with van der Waals surface area (Å²) in [7, 11) is 0. The molecule has 0 bridgehead atoms. The molecule has 1 aliphatic rings. The van der Waals surface area contributed by atoms with Crippen molar-refractivity contribution in [1.29, 1.82) is 0 Å². The van der Waals surface area contributed by atoms with Crippen LogP contribution in [0.3, 0.4) is 0 Å². The molecule has 1 saturated carbocycles. The van der Waals surface area contributed by atoms with Gasteiger partial charge in [0.05, 0.1) is 11.7 Å². The van der Waals surface area contributed by atoms with Crippen LogP contribution in [0.2, 0.25) is 0 Å². The standard InChI is InChI=1S/C19H15F3N4O3S.Na/c1-30-18-23-8-11(9-24-18)14-15(17(27)28)26(12-4-5-12)16(25-14)10-2-6-13(7-3-10)29-19(20,21)22;/h2-3,6-9,12H,4-5H2,1H3,(H,27,28);/q;+1/p-1. The number of halogens is 3. The van der Waals surface area contributed by atoms with E-state index in [1.54, 1.807) is 4.57 Å². The van der Waals surface area contributed by atoms with Crippen molar-refractivity contribution >= 4 is 17.7 Å². The summed E-state index contributed by atoms with van der Waals surface area (Å²) in [6.45, 7) is 0. The Balaban J connectivity index is 0.00000272. The molecule has 7 nitrogen and oxygen atoms in total. The number of benzene rings is 1. The maximum atomic E-state index is 12.4. The van der Waals surface area contributed by atoms with Crippen molar-refractivity contribution in [3.8, 4) is 28.4 Å². The second kappa shape index (κ2) is 9.19. The minimum Gasteiger partial charge on any atom is -0.543 e. The zero-order valence-corrected chi connectivity index (χ0v) is 19.3. The number of carbonyl (C=O) groups excluding carboxylic acids is 1. The van der Waals surface area contributed by atoms with E-state index in [1.807, 2.05) is 6.26 Å². The molecule has 156 valence electrons. The zero-order valence-electron chi connectivity index (χ0n) is 16.5. The zero-order chi connectivity index (χ0) is 21.5. The van der Waals surface area contributed by atoms with Crippen molar-refractivity contribution in [3.05, 3.63) is 42.4 Å². The average molecular weight is 458 g/mol. The van der Waals surface area contributed by atoms with E-state index < -0.39 is 12.3 Å². The Kier molecular flexibility index (Phi) is 6.99. The van der Waals surface area contributed by atoms with Crippen LogP contribution in [-0.2, 0) is 0 Å². The largest absolute Gasteiger partial charge is 1.00 e. The first-order valence-electron chi connectivity index (χ1n) is 8.83. The van der Waals surface area contributed by atoms with Crippen LogP contribution in [0.25, 0.3) is 22.6 Å². The molecule has 4 rings (SSSR count). The van der Waals surface area contributed by atoms with Gasteiger partial charge in [-0.05, 0) is 43.4 Å². The molecule has 1 fully saturated rings. The van der Waals surface area contributed by atoms with Gasteiger partial charge < -0.3 is 19.2 Å². The van der Waals surface area contributed by atoms with Gasteiger partial charge in [0, 0.05) is 29.6 Å². The Morgan fingerprint density at radius 2 is 1.77 bits per heavy atom. The van der Waals surface area contributed by atoms with Crippen LogP contribution in [0.4, 0.5) is 13.2 Å². The van der Waals surface area contributed by atoms with E-state index in [0.29, 0.717) is 22.1 Å². The summed E-state index contributed by atoms with van der Waals surface area (Å²) < 4.78 is 42.7. The number of carboxylic acids is 1. The van der Waals surface area contributed by atoms with Crippen LogP contribution in [0.5, 0.6) is 5.75 Å². The first-order valence-corrected chi connectivity index (χ1v) is 10.1. The third kappa shape index (κ3) is 5.22. The number of aromatic nitrogens is 4. The maximum absolute atomic E-state index is 12.4. The Bertz CT molecular complexity index is 1080. The number of carbonyl (C=O) groups is 1. The fourth-order valence-electron chi connectivity index (χ4n) is 3.07. The number of ether oxygens (including phenoxy) is 1. The normalized spacial score (nSPS) is 13.5. The molecule has 12 heteroatoms. The van der Waals surface area contributed by atoms with Crippen molar-refractivity contribution in [3.63, 3.8) is 0 Å². The quantitative estimate of drug-likeness (QED) is 0.299. The molecule has 0 amide bonds. The van der Waals surface area contributed by atoms with Gasteiger partial charge in [-0.15, -0.1) is 13.2 Å². The molecular weight excluding hydrogens is 444 g/mol. The van der Waals surface area contributed by atoms with E-state index in [-0.39, 0.29) is 52.7 Å². The van der Waals surface area contributed by atoms with Crippen molar-refractivity contribution in [2.45, 2.75) is 30.4 Å². The molecule has 1 aliphatic carbocycles. The third-order valence-corrected chi connectivity index (χ3v) is 5.02. The van der Waals surface area contributed by atoms with E-state index in [2.05, 4.69) is 19.7 Å². The van der Waals surface area contributed by atoms with Gasteiger partial charge in [0.2, 0.25) is 0 Å². The van der Waals surface area contributed by atoms with Gasteiger partial charge in [-0.3, -0.25) is 0 Å². The van der Waals surface area contributed by atoms with Crippen LogP contribution in [0.15, 0.2) is 41.8 Å². The summed E-state index contributed by atoms with van der Waals surface area (Å²) >= 11 is 1.34. The Labute approximate surface area is 201 Å². The van der Waals surface area contributed by atoms with Gasteiger partial charge in [-0.2, -0.15) is 0 Å². The molecule has 1 aromatic carbocycles. The van der Waals surface area contributed by atoms with Gasteiger partial charge in [-0.25, -0.2) is 15.0 Å².